The van der Waals surface area contributed by atoms with Crippen LogP contribution in [0.1, 0.15) is 20.3 Å². The molecule has 2 atom stereocenters. The minimum atomic E-state index is 0.201. The molecule has 0 aliphatic heterocycles. The fourth-order valence-corrected chi connectivity index (χ4v) is 0.754. The van der Waals surface area contributed by atoms with Crippen molar-refractivity contribution in [2.45, 2.75) is 32.4 Å². The first-order valence-corrected chi connectivity index (χ1v) is 4.11. The quantitative estimate of drug-likeness (QED) is 0.592. The Morgan fingerprint density at radius 3 is 2.55 bits per heavy atom. The number of methoxy groups -OCH3 is 1. The monoisotopic (exact) mass is 161 g/mol. The van der Waals surface area contributed by atoms with E-state index in [1.807, 2.05) is 13.8 Å². The molecule has 0 saturated carbocycles. The predicted molar refractivity (Wildman–Crippen MR) is 45.6 cm³/mol. The molecular weight excluding hydrogens is 142 g/mol. The minimum Gasteiger partial charge on any atom is -0.395 e. The van der Waals surface area contributed by atoms with E-state index in [9.17, 15) is 0 Å². The van der Waals surface area contributed by atoms with Crippen LogP contribution in [0.3, 0.4) is 0 Å². The Kier molecular flexibility index (Phi) is 6.51. The van der Waals surface area contributed by atoms with Crippen LogP contribution in [0.15, 0.2) is 0 Å². The summed E-state index contributed by atoms with van der Waals surface area (Å²) >= 11 is 0. The van der Waals surface area contributed by atoms with Crippen molar-refractivity contribution in [1.29, 1.82) is 0 Å². The summed E-state index contributed by atoms with van der Waals surface area (Å²) in [5.41, 5.74) is 0. The van der Waals surface area contributed by atoms with Crippen molar-refractivity contribution in [2.75, 3.05) is 20.3 Å². The van der Waals surface area contributed by atoms with Crippen LogP contribution in [0, 0.1) is 0 Å². The summed E-state index contributed by atoms with van der Waals surface area (Å²) in [5, 5.41) is 12.0. The molecule has 3 nitrogen and oxygen atoms in total. The second-order valence-electron chi connectivity index (χ2n) is 2.74. The molecule has 0 aromatic carbocycles. The topological polar surface area (TPSA) is 41.5 Å². The van der Waals surface area contributed by atoms with Crippen molar-refractivity contribution >= 4 is 0 Å². The molecule has 0 fully saturated rings. The molecule has 3 heteroatoms. The van der Waals surface area contributed by atoms with Gasteiger partial charge >= 0.3 is 0 Å². The Morgan fingerprint density at radius 1 is 1.55 bits per heavy atom. The van der Waals surface area contributed by atoms with Crippen LogP contribution in [-0.2, 0) is 4.74 Å². The third-order valence-electron chi connectivity index (χ3n) is 1.81. The molecule has 2 N–H and O–H groups in total. The van der Waals surface area contributed by atoms with Gasteiger partial charge in [0, 0.05) is 19.7 Å². The molecule has 0 amide bonds. The fourth-order valence-electron chi connectivity index (χ4n) is 0.754. The number of hydrogen-bond donors (Lipinski definition) is 2. The maximum Gasteiger partial charge on any atom is 0.0667 e. The standard InChI is InChI=1S/C8H19NO2/c1-4-8(6-10)9-5-7(2)11-3/h7-10H,4-6H2,1-3H3. The van der Waals surface area contributed by atoms with Gasteiger partial charge in [0.1, 0.15) is 0 Å². The van der Waals surface area contributed by atoms with Crippen LogP contribution >= 0.6 is 0 Å². The third-order valence-corrected chi connectivity index (χ3v) is 1.81. The molecule has 0 aromatic rings. The third kappa shape index (κ3) is 5.18. The van der Waals surface area contributed by atoms with Crippen LogP contribution in [-0.4, -0.2) is 37.5 Å². The Hall–Kier alpha value is -0.120. The first kappa shape index (κ1) is 10.9. The molecule has 0 saturated heterocycles. The lowest BCUT2D eigenvalue weighted by atomic mass is 10.2. The fraction of sp³-hybridized carbons (Fsp3) is 1.00. The van der Waals surface area contributed by atoms with Gasteiger partial charge < -0.3 is 15.2 Å². The maximum absolute atomic E-state index is 8.81. The Labute approximate surface area is 68.8 Å². The molecule has 0 heterocycles. The zero-order valence-electron chi connectivity index (χ0n) is 7.63. The largest absolute Gasteiger partial charge is 0.395 e. The predicted octanol–water partition coefficient (Wildman–Crippen LogP) is 0.382. The van der Waals surface area contributed by atoms with Gasteiger partial charge in [0.2, 0.25) is 0 Å². The maximum atomic E-state index is 8.81. The van der Waals surface area contributed by atoms with Crippen molar-refractivity contribution in [3.05, 3.63) is 0 Å². The van der Waals surface area contributed by atoms with Gasteiger partial charge in [0.05, 0.1) is 12.7 Å². The average molecular weight is 161 g/mol. The number of hydrogen-bond acceptors (Lipinski definition) is 3. The van der Waals surface area contributed by atoms with Crippen molar-refractivity contribution in [1.82, 2.24) is 5.32 Å². The van der Waals surface area contributed by atoms with Gasteiger partial charge in [-0.15, -0.1) is 0 Å². The minimum absolute atomic E-state index is 0.201. The van der Waals surface area contributed by atoms with E-state index in [0.29, 0.717) is 0 Å². The summed E-state index contributed by atoms with van der Waals surface area (Å²) in [7, 11) is 1.69. The first-order valence-electron chi connectivity index (χ1n) is 4.11. The van der Waals surface area contributed by atoms with Crippen LogP contribution in [0.5, 0.6) is 0 Å². The van der Waals surface area contributed by atoms with Gasteiger partial charge in [0.25, 0.3) is 0 Å². The summed E-state index contributed by atoms with van der Waals surface area (Å²) in [6.07, 6.45) is 1.17. The van der Waals surface area contributed by atoms with Gasteiger partial charge in [-0.05, 0) is 13.3 Å². The van der Waals surface area contributed by atoms with Crippen molar-refractivity contribution in [2.24, 2.45) is 0 Å². The van der Waals surface area contributed by atoms with Gasteiger partial charge in [-0.3, -0.25) is 0 Å². The molecule has 0 radical (unpaired) electrons. The summed E-state index contributed by atoms with van der Waals surface area (Å²) in [6.45, 7) is 5.05. The zero-order valence-corrected chi connectivity index (χ0v) is 7.63. The highest BCUT2D eigenvalue weighted by Gasteiger charge is 2.05. The lowest BCUT2D eigenvalue weighted by Crippen LogP contribution is -2.37. The number of ether oxygens (including phenoxy) is 1. The van der Waals surface area contributed by atoms with Crippen molar-refractivity contribution in [3.8, 4) is 0 Å². The molecule has 0 aromatic heterocycles. The Morgan fingerprint density at radius 2 is 2.18 bits per heavy atom. The van der Waals surface area contributed by atoms with Gasteiger partial charge in [-0.25, -0.2) is 0 Å². The van der Waals surface area contributed by atoms with E-state index in [4.69, 9.17) is 9.84 Å². The smallest absolute Gasteiger partial charge is 0.0667 e. The number of rotatable bonds is 6. The average Bonchev–Trinajstić information content (AvgIpc) is 2.06. The van der Waals surface area contributed by atoms with E-state index < -0.39 is 0 Å². The lowest BCUT2D eigenvalue weighted by molar-refractivity contribution is 0.110. The number of aliphatic hydroxyl groups excluding tert-OH is 1. The molecule has 0 rings (SSSR count). The molecule has 2 unspecified atom stereocenters. The van der Waals surface area contributed by atoms with Crippen molar-refractivity contribution < 1.29 is 9.84 Å². The number of nitrogens with one attached hydrogen (secondary N) is 1. The highest BCUT2D eigenvalue weighted by Crippen LogP contribution is 1.90. The molecule has 0 aliphatic carbocycles. The second kappa shape index (κ2) is 6.58. The molecule has 0 aliphatic rings. The Bertz CT molecular complexity index is 84.2. The molecule has 68 valence electrons. The van der Waals surface area contributed by atoms with Crippen LogP contribution < -0.4 is 5.32 Å². The number of aliphatic hydroxyl groups is 1. The van der Waals surface area contributed by atoms with E-state index in [0.717, 1.165) is 13.0 Å². The van der Waals surface area contributed by atoms with E-state index in [1.54, 1.807) is 7.11 Å². The molecule has 0 spiro atoms. The van der Waals surface area contributed by atoms with Crippen molar-refractivity contribution in [3.63, 3.8) is 0 Å². The Balaban J connectivity index is 3.34. The first-order chi connectivity index (χ1) is 5.24. The van der Waals surface area contributed by atoms with Gasteiger partial charge in [-0.1, -0.05) is 6.92 Å². The van der Waals surface area contributed by atoms with Gasteiger partial charge in [-0.2, -0.15) is 0 Å². The normalized spacial score (nSPS) is 16.4. The van der Waals surface area contributed by atoms with Gasteiger partial charge in [0.15, 0.2) is 0 Å². The van der Waals surface area contributed by atoms with Crippen LogP contribution in [0.25, 0.3) is 0 Å². The van der Waals surface area contributed by atoms with Crippen LogP contribution in [0.2, 0.25) is 0 Å². The SMILES string of the molecule is CCC(CO)NCC(C)OC. The molecular formula is C8H19NO2. The zero-order chi connectivity index (χ0) is 8.69. The van der Waals surface area contributed by atoms with Crippen LogP contribution in [0.4, 0.5) is 0 Å². The van der Waals surface area contributed by atoms with E-state index in [1.165, 1.54) is 0 Å². The summed E-state index contributed by atoms with van der Waals surface area (Å²) in [4.78, 5) is 0. The summed E-state index contributed by atoms with van der Waals surface area (Å²) in [6, 6.07) is 0.215. The second-order valence-corrected chi connectivity index (χ2v) is 2.74. The highest BCUT2D eigenvalue weighted by atomic mass is 16.5. The molecule has 0 bridgehead atoms. The van der Waals surface area contributed by atoms with E-state index in [2.05, 4.69) is 5.32 Å². The van der Waals surface area contributed by atoms with E-state index in [-0.39, 0.29) is 18.8 Å². The molecule has 11 heavy (non-hydrogen) atoms. The highest BCUT2D eigenvalue weighted by molar-refractivity contribution is 4.64. The summed E-state index contributed by atoms with van der Waals surface area (Å²) in [5.74, 6) is 0. The summed E-state index contributed by atoms with van der Waals surface area (Å²) < 4.78 is 5.05. The van der Waals surface area contributed by atoms with E-state index >= 15 is 0 Å². The lowest BCUT2D eigenvalue weighted by Gasteiger charge is -2.16.